The molecule has 0 spiro atoms. The Morgan fingerprint density at radius 3 is 2.39 bits per heavy atom. The van der Waals surface area contributed by atoms with E-state index in [4.69, 9.17) is 0 Å². The number of nitrogens with zero attached hydrogens (tertiary/aromatic N) is 2. The first kappa shape index (κ1) is 13.5. The smallest absolute Gasteiger partial charge is 0.158 e. The summed E-state index contributed by atoms with van der Waals surface area (Å²) in [4.78, 5) is 4.38. The van der Waals surface area contributed by atoms with Crippen LogP contribution in [0.1, 0.15) is 5.56 Å². The number of H-pyrrole nitrogens is 1. The monoisotopic (exact) mass is 300 g/mol. The van der Waals surface area contributed by atoms with Crippen LogP contribution in [0.3, 0.4) is 0 Å². The second-order valence-electron chi connectivity index (χ2n) is 5.36. The van der Waals surface area contributed by atoms with Crippen molar-refractivity contribution in [3.05, 3.63) is 78.5 Å². The molecule has 4 aromatic rings. The molecule has 112 valence electrons. The van der Waals surface area contributed by atoms with Gasteiger partial charge in [0.15, 0.2) is 11.5 Å². The summed E-state index contributed by atoms with van der Waals surface area (Å²) in [5, 5.41) is 11.8. The molecule has 2 N–H and O–H groups in total. The zero-order valence-electron chi connectivity index (χ0n) is 12.5. The lowest BCUT2D eigenvalue weighted by atomic mass is 10.0. The Morgan fingerprint density at radius 1 is 0.870 bits per heavy atom. The highest BCUT2D eigenvalue weighted by Gasteiger charge is 2.12. The van der Waals surface area contributed by atoms with Gasteiger partial charge in [-0.15, -0.1) is 0 Å². The second kappa shape index (κ2) is 5.93. The molecule has 0 unspecified atom stereocenters. The van der Waals surface area contributed by atoms with Gasteiger partial charge in [0, 0.05) is 12.7 Å². The van der Waals surface area contributed by atoms with Crippen LogP contribution < -0.4 is 5.32 Å². The Bertz CT molecular complexity index is 914. The minimum absolute atomic E-state index is 0.726. The summed E-state index contributed by atoms with van der Waals surface area (Å²) in [6.07, 6.45) is 1.81. The maximum absolute atomic E-state index is 4.40. The van der Waals surface area contributed by atoms with Crippen LogP contribution >= 0.6 is 0 Å². The van der Waals surface area contributed by atoms with Gasteiger partial charge in [-0.3, -0.25) is 5.10 Å². The number of nitrogens with one attached hydrogen (secondary N) is 2. The fourth-order valence-electron chi connectivity index (χ4n) is 2.72. The van der Waals surface area contributed by atoms with Crippen molar-refractivity contribution < 1.29 is 0 Å². The molecule has 0 aliphatic carbocycles. The molecule has 4 rings (SSSR count). The van der Waals surface area contributed by atoms with E-state index in [-0.39, 0.29) is 0 Å². The third-order valence-electron chi connectivity index (χ3n) is 3.85. The average Bonchev–Trinajstić information content (AvgIpc) is 3.05. The van der Waals surface area contributed by atoms with Crippen LogP contribution in [0.2, 0.25) is 0 Å². The van der Waals surface area contributed by atoms with Crippen molar-refractivity contribution in [1.29, 1.82) is 0 Å². The summed E-state index contributed by atoms with van der Waals surface area (Å²) in [5.41, 5.74) is 4.29. The number of hydrogen-bond donors (Lipinski definition) is 2. The van der Waals surface area contributed by atoms with Gasteiger partial charge in [-0.05, 0) is 22.8 Å². The van der Waals surface area contributed by atoms with Gasteiger partial charge in [0.1, 0.15) is 0 Å². The van der Waals surface area contributed by atoms with Crippen LogP contribution in [0.5, 0.6) is 0 Å². The average molecular weight is 300 g/mol. The Hall–Kier alpha value is -3.14. The third kappa shape index (κ3) is 2.66. The van der Waals surface area contributed by atoms with E-state index in [0.29, 0.717) is 0 Å². The maximum Gasteiger partial charge on any atom is 0.158 e. The lowest BCUT2D eigenvalue weighted by molar-refractivity contribution is 1.05. The second-order valence-corrected chi connectivity index (χ2v) is 5.36. The summed E-state index contributed by atoms with van der Waals surface area (Å²) >= 11 is 0. The van der Waals surface area contributed by atoms with Crippen LogP contribution in [0.15, 0.2) is 72.9 Å². The van der Waals surface area contributed by atoms with Crippen LogP contribution in [0.25, 0.3) is 22.2 Å². The molecule has 0 aliphatic heterocycles. The zero-order chi connectivity index (χ0) is 15.5. The Morgan fingerprint density at radius 2 is 1.61 bits per heavy atom. The third-order valence-corrected chi connectivity index (χ3v) is 3.85. The summed E-state index contributed by atoms with van der Waals surface area (Å²) in [5.74, 6) is 0.829. The number of anilines is 1. The molecule has 0 fully saturated rings. The normalized spacial score (nSPS) is 10.8. The van der Waals surface area contributed by atoms with Crippen LogP contribution in [-0.2, 0) is 6.54 Å². The van der Waals surface area contributed by atoms with Crippen molar-refractivity contribution in [2.75, 3.05) is 5.32 Å². The van der Waals surface area contributed by atoms with Gasteiger partial charge in [0.25, 0.3) is 0 Å². The largest absolute Gasteiger partial charge is 0.364 e. The van der Waals surface area contributed by atoms with E-state index in [1.165, 1.54) is 5.56 Å². The quantitative estimate of drug-likeness (QED) is 0.593. The van der Waals surface area contributed by atoms with Crippen LogP contribution in [0.4, 0.5) is 5.82 Å². The first-order chi connectivity index (χ1) is 11.4. The van der Waals surface area contributed by atoms with E-state index in [2.05, 4.69) is 44.8 Å². The lowest BCUT2D eigenvalue weighted by Gasteiger charge is -2.07. The minimum atomic E-state index is 0.726. The Labute approximate surface area is 134 Å². The highest BCUT2D eigenvalue weighted by Crippen LogP contribution is 2.31. The van der Waals surface area contributed by atoms with Crippen molar-refractivity contribution >= 4 is 16.9 Å². The number of hydrogen-bond acceptors (Lipinski definition) is 3. The van der Waals surface area contributed by atoms with E-state index in [0.717, 1.165) is 34.5 Å². The van der Waals surface area contributed by atoms with Crippen molar-refractivity contribution in [1.82, 2.24) is 15.2 Å². The molecule has 4 nitrogen and oxygen atoms in total. The molecule has 23 heavy (non-hydrogen) atoms. The molecular weight excluding hydrogens is 284 g/mol. The molecule has 0 radical (unpaired) electrons. The summed E-state index contributed by atoms with van der Waals surface area (Å²) in [7, 11) is 0. The number of fused-ring (bicyclic) bond motifs is 1. The molecule has 2 aromatic carbocycles. The van der Waals surface area contributed by atoms with E-state index in [1.54, 1.807) is 0 Å². The number of benzene rings is 2. The summed E-state index contributed by atoms with van der Waals surface area (Å²) < 4.78 is 0. The highest BCUT2D eigenvalue weighted by atomic mass is 15.2. The lowest BCUT2D eigenvalue weighted by Crippen LogP contribution is -2.00. The van der Waals surface area contributed by atoms with Gasteiger partial charge < -0.3 is 5.32 Å². The molecule has 0 aliphatic rings. The number of aromatic nitrogens is 3. The van der Waals surface area contributed by atoms with Gasteiger partial charge in [0.2, 0.25) is 0 Å². The summed E-state index contributed by atoms with van der Waals surface area (Å²) in [6.45, 7) is 0.726. The minimum Gasteiger partial charge on any atom is -0.364 e. The molecule has 0 amide bonds. The van der Waals surface area contributed by atoms with Crippen molar-refractivity contribution in [3.63, 3.8) is 0 Å². The first-order valence-corrected chi connectivity index (χ1v) is 7.58. The number of pyridine rings is 1. The van der Waals surface area contributed by atoms with Crippen molar-refractivity contribution in [2.24, 2.45) is 0 Å². The molecule has 0 bridgehead atoms. The van der Waals surface area contributed by atoms with Crippen LogP contribution in [0, 0.1) is 0 Å². The van der Waals surface area contributed by atoms with Crippen molar-refractivity contribution in [3.8, 4) is 11.1 Å². The predicted molar refractivity (Wildman–Crippen MR) is 93.1 cm³/mol. The Balaban J connectivity index is 1.73. The van der Waals surface area contributed by atoms with E-state index >= 15 is 0 Å². The molecule has 4 heteroatoms. The fraction of sp³-hybridized carbons (Fsp3) is 0.0526. The van der Waals surface area contributed by atoms with Gasteiger partial charge in [-0.25, -0.2) is 4.98 Å². The van der Waals surface area contributed by atoms with Gasteiger partial charge in [-0.2, -0.15) is 5.10 Å². The highest BCUT2D eigenvalue weighted by molar-refractivity contribution is 6.00. The van der Waals surface area contributed by atoms with Gasteiger partial charge >= 0.3 is 0 Å². The summed E-state index contributed by atoms with van der Waals surface area (Å²) in [6, 6.07) is 22.6. The van der Waals surface area contributed by atoms with Crippen LogP contribution in [-0.4, -0.2) is 15.2 Å². The molecule has 0 saturated carbocycles. The number of aromatic amines is 1. The van der Waals surface area contributed by atoms with Crippen molar-refractivity contribution in [2.45, 2.75) is 6.54 Å². The molecule has 2 heterocycles. The fourth-order valence-corrected chi connectivity index (χ4v) is 2.72. The van der Waals surface area contributed by atoms with Gasteiger partial charge in [-0.1, -0.05) is 60.7 Å². The SMILES string of the molecule is c1ccc(CNc2n[nH]c3nccc(-c4ccccc4)c23)cc1. The molecule has 0 atom stereocenters. The standard InChI is InChI=1S/C19H16N4/c1-3-7-14(8-4-1)13-21-19-17-16(15-9-5-2-6-10-15)11-12-20-18(17)22-23-19/h1-12H,13H2,(H2,20,21,22,23). The first-order valence-electron chi connectivity index (χ1n) is 7.58. The molecular formula is C19H16N4. The van der Waals surface area contributed by atoms with Gasteiger partial charge in [0.05, 0.1) is 5.39 Å². The number of rotatable bonds is 4. The molecule has 2 aromatic heterocycles. The Kier molecular flexibility index (Phi) is 3.48. The van der Waals surface area contributed by atoms with E-state index < -0.39 is 0 Å². The predicted octanol–water partition coefficient (Wildman–Crippen LogP) is 4.24. The zero-order valence-corrected chi connectivity index (χ0v) is 12.5. The van der Waals surface area contributed by atoms with E-state index in [1.807, 2.05) is 48.7 Å². The molecule has 0 saturated heterocycles. The maximum atomic E-state index is 4.40. The van der Waals surface area contributed by atoms with E-state index in [9.17, 15) is 0 Å². The topological polar surface area (TPSA) is 53.6 Å².